The summed E-state index contributed by atoms with van der Waals surface area (Å²) >= 11 is 0. The second-order valence-corrected chi connectivity index (χ2v) is 5.50. The third kappa shape index (κ3) is 2.01. The molecule has 0 radical (unpaired) electrons. The van der Waals surface area contributed by atoms with Crippen LogP contribution in [0.5, 0.6) is 0 Å². The minimum Gasteiger partial charge on any atom is -0.371 e. The molecule has 1 N–H and O–H groups in total. The zero-order valence-electron chi connectivity index (χ0n) is 11.8. The van der Waals surface area contributed by atoms with Crippen LogP contribution in [0.2, 0.25) is 0 Å². The molecule has 1 aliphatic carbocycles. The lowest BCUT2D eigenvalue weighted by Gasteiger charge is -2.16. The van der Waals surface area contributed by atoms with E-state index in [4.69, 9.17) is 0 Å². The minimum atomic E-state index is 0.610. The Morgan fingerprint density at radius 1 is 1.42 bits per heavy atom. The van der Waals surface area contributed by atoms with E-state index < -0.39 is 0 Å². The van der Waals surface area contributed by atoms with Crippen LogP contribution in [-0.4, -0.2) is 21.6 Å². The molecule has 2 aromatic rings. The minimum absolute atomic E-state index is 0.610. The highest BCUT2D eigenvalue weighted by atomic mass is 15.1. The van der Waals surface area contributed by atoms with Gasteiger partial charge < -0.3 is 9.88 Å². The predicted octanol–water partition coefficient (Wildman–Crippen LogP) is 3.09. The molecule has 100 valence electrons. The number of allylic oxidation sites excluding steroid dienone is 1. The molecule has 2 heterocycles. The second-order valence-electron chi connectivity index (χ2n) is 5.50. The summed E-state index contributed by atoms with van der Waals surface area (Å²) in [5.41, 5.74) is 4.69. The molecular formula is C15H20N4. The quantitative estimate of drug-likeness (QED) is 0.917. The Morgan fingerprint density at radius 3 is 3.00 bits per heavy atom. The van der Waals surface area contributed by atoms with Gasteiger partial charge in [0.05, 0.1) is 17.5 Å². The lowest BCUT2D eigenvalue weighted by Crippen LogP contribution is -2.08. The standard InChI is InChI=1S/C15H20N4/c1-10(2)8-19-9-17-13-14(19)11-6-4-5-7-12(11)18-15(13)16-3/h5,7,9-10H,4,6,8H2,1-3H3,(H,16,18). The van der Waals surface area contributed by atoms with Crippen molar-refractivity contribution in [2.75, 3.05) is 12.4 Å². The van der Waals surface area contributed by atoms with E-state index in [9.17, 15) is 0 Å². The fraction of sp³-hybridized carbons (Fsp3) is 0.467. The van der Waals surface area contributed by atoms with E-state index in [1.54, 1.807) is 0 Å². The summed E-state index contributed by atoms with van der Waals surface area (Å²) < 4.78 is 2.28. The molecule has 4 nitrogen and oxygen atoms in total. The van der Waals surface area contributed by atoms with Crippen LogP contribution in [0.3, 0.4) is 0 Å². The van der Waals surface area contributed by atoms with Crippen molar-refractivity contribution >= 4 is 22.9 Å². The third-order valence-corrected chi connectivity index (χ3v) is 3.52. The number of nitrogens with one attached hydrogen (secondary N) is 1. The van der Waals surface area contributed by atoms with Gasteiger partial charge in [-0.25, -0.2) is 9.97 Å². The number of fused-ring (bicyclic) bond motifs is 3. The van der Waals surface area contributed by atoms with E-state index in [0.29, 0.717) is 5.92 Å². The molecule has 0 spiro atoms. The van der Waals surface area contributed by atoms with Crippen molar-refractivity contribution in [3.8, 4) is 0 Å². The van der Waals surface area contributed by atoms with Crippen molar-refractivity contribution < 1.29 is 0 Å². The molecule has 0 saturated carbocycles. The lowest BCUT2D eigenvalue weighted by atomic mass is 10.0. The molecule has 19 heavy (non-hydrogen) atoms. The molecular weight excluding hydrogens is 236 g/mol. The van der Waals surface area contributed by atoms with E-state index in [2.05, 4.69) is 45.9 Å². The maximum absolute atomic E-state index is 4.68. The van der Waals surface area contributed by atoms with Crippen LogP contribution in [0.25, 0.3) is 17.1 Å². The fourth-order valence-electron chi connectivity index (χ4n) is 2.75. The molecule has 0 atom stereocenters. The number of hydrogen-bond acceptors (Lipinski definition) is 3. The number of rotatable bonds is 3. The monoisotopic (exact) mass is 256 g/mol. The van der Waals surface area contributed by atoms with E-state index in [-0.39, 0.29) is 0 Å². The van der Waals surface area contributed by atoms with Crippen molar-refractivity contribution in [3.63, 3.8) is 0 Å². The van der Waals surface area contributed by atoms with Crippen molar-refractivity contribution in [2.24, 2.45) is 5.92 Å². The average molecular weight is 256 g/mol. The first-order chi connectivity index (χ1) is 9.20. The van der Waals surface area contributed by atoms with Gasteiger partial charge in [-0.15, -0.1) is 0 Å². The fourth-order valence-corrected chi connectivity index (χ4v) is 2.75. The van der Waals surface area contributed by atoms with Gasteiger partial charge in [-0.2, -0.15) is 0 Å². The van der Waals surface area contributed by atoms with Gasteiger partial charge in [0.25, 0.3) is 0 Å². The lowest BCUT2D eigenvalue weighted by molar-refractivity contribution is 0.532. The predicted molar refractivity (Wildman–Crippen MR) is 79.3 cm³/mol. The van der Waals surface area contributed by atoms with E-state index >= 15 is 0 Å². The van der Waals surface area contributed by atoms with Crippen molar-refractivity contribution in [2.45, 2.75) is 33.2 Å². The number of nitrogens with zero attached hydrogens (tertiary/aromatic N) is 3. The average Bonchev–Trinajstić information content (AvgIpc) is 2.81. The normalized spacial score (nSPS) is 14.1. The van der Waals surface area contributed by atoms with Crippen LogP contribution in [-0.2, 0) is 13.0 Å². The summed E-state index contributed by atoms with van der Waals surface area (Å²) in [5, 5.41) is 3.17. The molecule has 2 aromatic heterocycles. The van der Waals surface area contributed by atoms with Crippen molar-refractivity contribution in [1.82, 2.24) is 14.5 Å². The SMILES string of the molecule is CNc1nc2c(c3c1ncn3CC(C)C)CCC=C2. The van der Waals surface area contributed by atoms with Gasteiger partial charge in [-0.05, 0) is 24.8 Å². The summed E-state index contributed by atoms with van der Waals surface area (Å²) in [6, 6.07) is 0. The van der Waals surface area contributed by atoms with Gasteiger partial charge in [0.2, 0.25) is 0 Å². The molecule has 0 bridgehead atoms. The maximum Gasteiger partial charge on any atom is 0.154 e. The molecule has 0 unspecified atom stereocenters. The number of aryl methyl sites for hydroxylation is 1. The molecule has 1 aliphatic rings. The highest BCUT2D eigenvalue weighted by Gasteiger charge is 2.18. The number of aromatic nitrogens is 3. The van der Waals surface area contributed by atoms with Crippen LogP contribution < -0.4 is 5.32 Å². The van der Waals surface area contributed by atoms with Gasteiger partial charge in [0.15, 0.2) is 5.82 Å². The molecule has 0 amide bonds. The van der Waals surface area contributed by atoms with Crippen LogP contribution in [0, 0.1) is 5.92 Å². The first-order valence-corrected chi connectivity index (χ1v) is 6.92. The zero-order chi connectivity index (χ0) is 13.4. The number of hydrogen-bond donors (Lipinski definition) is 1. The van der Waals surface area contributed by atoms with Gasteiger partial charge in [0, 0.05) is 19.2 Å². The molecule has 0 saturated heterocycles. The Bertz CT molecular complexity index is 637. The molecule has 0 fully saturated rings. The number of anilines is 1. The topological polar surface area (TPSA) is 42.7 Å². The Kier molecular flexibility index (Phi) is 3.01. The van der Waals surface area contributed by atoms with Crippen molar-refractivity contribution in [1.29, 1.82) is 0 Å². The van der Waals surface area contributed by atoms with E-state index in [0.717, 1.165) is 36.4 Å². The summed E-state index contributed by atoms with van der Waals surface area (Å²) in [7, 11) is 1.90. The number of imidazole rings is 1. The van der Waals surface area contributed by atoms with E-state index in [1.807, 2.05) is 13.4 Å². The highest BCUT2D eigenvalue weighted by molar-refractivity contribution is 5.91. The first-order valence-electron chi connectivity index (χ1n) is 6.92. The summed E-state index contributed by atoms with van der Waals surface area (Å²) in [5.74, 6) is 1.49. The Morgan fingerprint density at radius 2 is 2.26 bits per heavy atom. The van der Waals surface area contributed by atoms with Crippen LogP contribution in [0.1, 0.15) is 31.5 Å². The van der Waals surface area contributed by atoms with Gasteiger partial charge >= 0.3 is 0 Å². The second kappa shape index (κ2) is 4.68. The molecule has 0 aliphatic heterocycles. The maximum atomic E-state index is 4.68. The van der Waals surface area contributed by atoms with Gasteiger partial charge in [0.1, 0.15) is 5.52 Å². The van der Waals surface area contributed by atoms with Gasteiger partial charge in [-0.1, -0.05) is 19.9 Å². The molecule has 4 heteroatoms. The van der Waals surface area contributed by atoms with E-state index in [1.165, 1.54) is 11.1 Å². The van der Waals surface area contributed by atoms with Gasteiger partial charge in [-0.3, -0.25) is 0 Å². The Hall–Kier alpha value is -1.84. The van der Waals surface area contributed by atoms with Crippen molar-refractivity contribution in [3.05, 3.63) is 23.7 Å². The third-order valence-electron chi connectivity index (χ3n) is 3.52. The van der Waals surface area contributed by atoms with Crippen LogP contribution in [0.15, 0.2) is 12.4 Å². The smallest absolute Gasteiger partial charge is 0.154 e. The van der Waals surface area contributed by atoms with Crippen LogP contribution >= 0.6 is 0 Å². The zero-order valence-corrected chi connectivity index (χ0v) is 11.8. The summed E-state index contributed by atoms with van der Waals surface area (Å²) in [4.78, 5) is 9.24. The largest absolute Gasteiger partial charge is 0.371 e. The highest BCUT2D eigenvalue weighted by Crippen LogP contribution is 2.30. The first kappa shape index (κ1) is 12.2. The Balaban J connectivity index is 2.28. The summed E-state index contributed by atoms with van der Waals surface area (Å²) in [6.07, 6.45) is 8.43. The Labute approximate surface area is 113 Å². The van der Waals surface area contributed by atoms with Crippen LogP contribution in [0.4, 0.5) is 5.82 Å². The number of pyridine rings is 1. The molecule has 0 aromatic carbocycles. The summed E-state index contributed by atoms with van der Waals surface area (Å²) in [6.45, 7) is 5.47. The molecule has 3 rings (SSSR count).